The number of hydrogen-bond donors (Lipinski definition) is 2. The number of benzene rings is 2. The number of amides is 1. The van der Waals surface area contributed by atoms with Gasteiger partial charge in [-0.25, -0.2) is 14.1 Å². The van der Waals surface area contributed by atoms with Crippen molar-refractivity contribution in [2.75, 3.05) is 6.61 Å². The van der Waals surface area contributed by atoms with Gasteiger partial charge in [0.1, 0.15) is 12.6 Å². The molecule has 2 N–H and O–H groups in total. The number of aliphatic carboxylic acids is 1. The molecular weight excluding hydrogens is 406 g/mol. The summed E-state index contributed by atoms with van der Waals surface area (Å²) in [5.41, 5.74) is 6.00. The highest BCUT2D eigenvalue weighted by molar-refractivity contribution is 5.81. The van der Waals surface area contributed by atoms with Gasteiger partial charge < -0.3 is 15.2 Å². The lowest BCUT2D eigenvalue weighted by Crippen LogP contribution is -2.43. The molecule has 160 valence electrons. The number of aromatic nitrogens is 2. The zero-order chi connectivity index (χ0) is 22.1. The molecule has 0 radical (unpaired) electrons. The van der Waals surface area contributed by atoms with Crippen molar-refractivity contribution in [3.63, 3.8) is 0 Å². The van der Waals surface area contributed by atoms with Gasteiger partial charge in [0.2, 0.25) is 0 Å². The van der Waals surface area contributed by atoms with E-state index in [1.807, 2.05) is 54.6 Å². The molecule has 7 heteroatoms. The Morgan fingerprint density at radius 3 is 2.34 bits per heavy atom. The SMILES string of the molecule is O=C(NC(Cc1cccc2ccnn12)C(=O)O)OCC1c2ccccc2-c2ccccc21. The van der Waals surface area contributed by atoms with E-state index >= 15 is 0 Å². The van der Waals surface area contributed by atoms with Crippen molar-refractivity contribution >= 4 is 17.6 Å². The van der Waals surface area contributed by atoms with E-state index in [-0.39, 0.29) is 18.9 Å². The third-order valence-corrected chi connectivity index (χ3v) is 5.85. The summed E-state index contributed by atoms with van der Waals surface area (Å²) in [6.45, 7) is 0.126. The molecule has 1 atom stereocenters. The maximum absolute atomic E-state index is 12.5. The highest BCUT2D eigenvalue weighted by Crippen LogP contribution is 2.44. The number of carboxylic acids is 1. The van der Waals surface area contributed by atoms with Gasteiger partial charge in [-0.1, -0.05) is 54.6 Å². The first-order chi connectivity index (χ1) is 15.6. The summed E-state index contributed by atoms with van der Waals surface area (Å²) < 4.78 is 7.16. The van der Waals surface area contributed by atoms with Crippen LogP contribution in [0, 0.1) is 0 Å². The molecule has 0 aliphatic heterocycles. The molecule has 0 saturated heterocycles. The van der Waals surface area contributed by atoms with Crippen LogP contribution in [0.2, 0.25) is 0 Å². The van der Waals surface area contributed by atoms with E-state index in [0.29, 0.717) is 5.69 Å². The summed E-state index contributed by atoms with van der Waals surface area (Å²) in [5.74, 6) is -1.23. The highest BCUT2D eigenvalue weighted by Gasteiger charge is 2.30. The van der Waals surface area contributed by atoms with E-state index in [0.717, 1.165) is 27.8 Å². The summed E-state index contributed by atoms with van der Waals surface area (Å²) >= 11 is 0. The Balaban J connectivity index is 1.29. The lowest BCUT2D eigenvalue weighted by molar-refractivity contribution is -0.139. The lowest BCUT2D eigenvalue weighted by atomic mass is 9.98. The normalized spacial score (nSPS) is 13.4. The molecule has 1 amide bonds. The van der Waals surface area contributed by atoms with Gasteiger partial charge in [0.15, 0.2) is 0 Å². The van der Waals surface area contributed by atoms with Gasteiger partial charge in [0.05, 0.1) is 5.52 Å². The molecule has 2 aromatic heterocycles. The van der Waals surface area contributed by atoms with Crippen molar-refractivity contribution in [2.45, 2.75) is 18.4 Å². The first-order valence-electron chi connectivity index (χ1n) is 10.4. The summed E-state index contributed by atoms with van der Waals surface area (Å²) in [6.07, 6.45) is 0.971. The third kappa shape index (κ3) is 3.58. The molecule has 2 aromatic carbocycles. The van der Waals surface area contributed by atoms with Crippen molar-refractivity contribution in [3.8, 4) is 11.1 Å². The number of alkyl carbamates (subject to hydrolysis) is 1. The molecular formula is C25H21N3O4. The fourth-order valence-corrected chi connectivity index (χ4v) is 4.35. The second-order valence-corrected chi connectivity index (χ2v) is 7.75. The van der Waals surface area contributed by atoms with Crippen LogP contribution in [-0.4, -0.2) is 39.4 Å². The molecule has 7 nitrogen and oxygen atoms in total. The van der Waals surface area contributed by atoms with Crippen LogP contribution in [0.4, 0.5) is 4.79 Å². The van der Waals surface area contributed by atoms with Crippen LogP contribution in [0.3, 0.4) is 0 Å². The summed E-state index contributed by atoms with van der Waals surface area (Å²) in [7, 11) is 0. The second kappa shape index (κ2) is 8.19. The highest BCUT2D eigenvalue weighted by atomic mass is 16.5. The Morgan fingerprint density at radius 2 is 1.66 bits per heavy atom. The van der Waals surface area contributed by atoms with E-state index < -0.39 is 18.1 Å². The molecule has 5 rings (SSSR count). The van der Waals surface area contributed by atoms with Crippen LogP contribution >= 0.6 is 0 Å². The fourth-order valence-electron chi connectivity index (χ4n) is 4.35. The van der Waals surface area contributed by atoms with Gasteiger partial charge in [-0.05, 0) is 40.5 Å². The molecule has 0 saturated carbocycles. The van der Waals surface area contributed by atoms with E-state index in [1.54, 1.807) is 16.8 Å². The molecule has 4 aromatic rings. The minimum Gasteiger partial charge on any atom is -0.480 e. The van der Waals surface area contributed by atoms with Crippen LogP contribution < -0.4 is 5.32 Å². The Labute approximate surface area is 184 Å². The number of hydrogen-bond acceptors (Lipinski definition) is 4. The van der Waals surface area contributed by atoms with Crippen molar-refractivity contribution in [3.05, 3.63) is 95.8 Å². The Hall–Kier alpha value is -4.13. The first-order valence-corrected chi connectivity index (χ1v) is 10.4. The molecule has 1 aliphatic rings. The Kier molecular flexibility index (Phi) is 5.07. The van der Waals surface area contributed by atoms with Gasteiger partial charge in [0, 0.05) is 24.2 Å². The lowest BCUT2D eigenvalue weighted by Gasteiger charge is -2.18. The molecule has 0 spiro atoms. The van der Waals surface area contributed by atoms with Crippen LogP contribution in [0.15, 0.2) is 79.0 Å². The zero-order valence-electron chi connectivity index (χ0n) is 17.1. The number of nitrogens with one attached hydrogen (secondary N) is 1. The van der Waals surface area contributed by atoms with E-state index in [4.69, 9.17) is 4.74 Å². The minimum absolute atomic E-state index is 0.0819. The van der Waals surface area contributed by atoms with Crippen molar-refractivity contribution < 1.29 is 19.4 Å². The number of rotatable bonds is 6. The zero-order valence-corrected chi connectivity index (χ0v) is 17.1. The number of fused-ring (bicyclic) bond motifs is 4. The van der Waals surface area contributed by atoms with Gasteiger partial charge in [0.25, 0.3) is 0 Å². The molecule has 1 unspecified atom stereocenters. The molecule has 2 heterocycles. The summed E-state index contributed by atoms with van der Waals surface area (Å²) in [6, 6.07) is 22.3. The number of carboxylic acid groups (broad SMARTS) is 1. The monoisotopic (exact) mass is 427 g/mol. The van der Waals surface area contributed by atoms with Crippen molar-refractivity contribution in [2.24, 2.45) is 0 Å². The fraction of sp³-hybridized carbons (Fsp3) is 0.160. The van der Waals surface area contributed by atoms with Crippen LogP contribution in [0.25, 0.3) is 16.6 Å². The van der Waals surface area contributed by atoms with Crippen molar-refractivity contribution in [1.29, 1.82) is 0 Å². The number of pyridine rings is 1. The standard InChI is InChI=1S/C25H21N3O4/c29-24(30)23(14-17-7-5-6-16-12-13-26-28(16)17)27-25(31)32-15-22-20-10-3-1-8-18(20)19-9-2-4-11-21(19)22/h1-13,22-23H,14-15H2,(H,27,31)(H,29,30). The predicted molar refractivity (Wildman–Crippen MR) is 119 cm³/mol. The second-order valence-electron chi connectivity index (χ2n) is 7.75. The third-order valence-electron chi connectivity index (χ3n) is 5.85. The van der Waals surface area contributed by atoms with Crippen LogP contribution in [0.1, 0.15) is 22.7 Å². The first kappa shape index (κ1) is 19.8. The molecule has 0 bridgehead atoms. The molecule has 1 aliphatic carbocycles. The van der Waals surface area contributed by atoms with E-state index in [2.05, 4.69) is 22.5 Å². The molecule has 32 heavy (non-hydrogen) atoms. The maximum Gasteiger partial charge on any atom is 0.407 e. The average molecular weight is 427 g/mol. The number of nitrogens with zero attached hydrogens (tertiary/aromatic N) is 2. The number of carbonyl (C=O) groups is 2. The summed E-state index contributed by atoms with van der Waals surface area (Å²) in [5, 5.41) is 16.4. The number of ether oxygens (including phenoxy) is 1. The van der Waals surface area contributed by atoms with E-state index in [9.17, 15) is 14.7 Å². The van der Waals surface area contributed by atoms with Gasteiger partial charge >= 0.3 is 12.1 Å². The minimum atomic E-state index is -1.14. The molecule has 0 fully saturated rings. The number of carbonyl (C=O) groups excluding carboxylic acids is 1. The smallest absolute Gasteiger partial charge is 0.407 e. The van der Waals surface area contributed by atoms with Crippen LogP contribution in [0.5, 0.6) is 0 Å². The van der Waals surface area contributed by atoms with Gasteiger partial charge in [-0.15, -0.1) is 0 Å². The topological polar surface area (TPSA) is 92.9 Å². The largest absolute Gasteiger partial charge is 0.480 e. The van der Waals surface area contributed by atoms with Crippen LogP contribution in [-0.2, 0) is 16.0 Å². The Bertz CT molecular complexity index is 1270. The predicted octanol–water partition coefficient (Wildman–Crippen LogP) is 3.87. The quantitative estimate of drug-likeness (QED) is 0.487. The maximum atomic E-state index is 12.5. The van der Waals surface area contributed by atoms with E-state index in [1.165, 1.54) is 0 Å². The Morgan fingerprint density at radius 1 is 0.969 bits per heavy atom. The van der Waals surface area contributed by atoms with Crippen molar-refractivity contribution in [1.82, 2.24) is 14.9 Å². The van der Waals surface area contributed by atoms with Gasteiger partial charge in [-0.3, -0.25) is 0 Å². The average Bonchev–Trinajstić information content (AvgIpc) is 3.41. The van der Waals surface area contributed by atoms with Gasteiger partial charge in [-0.2, -0.15) is 5.10 Å². The summed E-state index contributed by atoms with van der Waals surface area (Å²) in [4.78, 5) is 24.3.